The molecule has 134 valence electrons. The summed E-state index contributed by atoms with van der Waals surface area (Å²) in [4.78, 5) is 16.3. The van der Waals surface area contributed by atoms with Gasteiger partial charge in [-0.3, -0.25) is 0 Å². The van der Waals surface area contributed by atoms with Crippen LogP contribution in [0.1, 0.15) is 17.5 Å². The first-order valence-corrected chi connectivity index (χ1v) is 8.45. The number of nitrogens with zero attached hydrogens (tertiary/aromatic N) is 1. The molecule has 2 aromatic carbocycles. The molecular weight excluding hydrogens is 354 g/mol. The average molecular weight is 372 g/mol. The fourth-order valence-electron chi connectivity index (χ4n) is 2.57. The first-order chi connectivity index (χ1) is 12.6. The van der Waals surface area contributed by atoms with Crippen LogP contribution in [0.25, 0.3) is 6.08 Å². The number of carbonyl (C=O) groups is 1. The highest BCUT2D eigenvalue weighted by molar-refractivity contribution is 6.32. The van der Waals surface area contributed by atoms with Gasteiger partial charge in [-0.05, 0) is 47.9 Å². The molecule has 0 unspecified atom stereocenters. The van der Waals surface area contributed by atoms with Gasteiger partial charge >= 0.3 is 5.97 Å². The van der Waals surface area contributed by atoms with E-state index in [4.69, 9.17) is 25.8 Å². The number of aryl methyl sites for hydroxylation is 1. The summed E-state index contributed by atoms with van der Waals surface area (Å²) in [7, 11) is 3.18. The molecule has 1 heterocycles. The van der Waals surface area contributed by atoms with Crippen LogP contribution in [-0.2, 0) is 16.0 Å². The zero-order valence-electron chi connectivity index (χ0n) is 14.5. The van der Waals surface area contributed by atoms with Crippen LogP contribution in [0.3, 0.4) is 0 Å². The number of aliphatic imine (C=N–C) groups is 1. The minimum atomic E-state index is -0.461. The summed E-state index contributed by atoms with van der Waals surface area (Å²) in [6, 6.07) is 13.0. The predicted molar refractivity (Wildman–Crippen MR) is 101 cm³/mol. The van der Waals surface area contributed by atoms with Crippen molar-refractivity contribution in [3.8, 4) is 11.5 Å². The van der Waals surface area contributed by atoms with Crippen molar-refractivity contribution in [2.24, 2.45) is 4.99 Å². The van der Waals surface area contributed by atoms with Crippen LogP contribution in [-0.4, -0.2) is 26.1 Å². The van der Waals surface area contributed by atoms with Crippen molar-refractivity contribution in [3.05, 3.63) is 64.3 Å². The molecule has 3 rings (SSSR count). The Morgan fingerprint density at radius 1 is 1.12 bits per heavy atom. The van der Waals surface area contributed by atoms with Gasteiger partial charge < -0.3 is 14.2 Å². The lowest BCUT2D eigenvalue weighted by atomic mass is 10.1. The average Bonchev–Trinajstić information content (AvgIpc) is 3.00. The number of esters is 1. The van der Waals surface area contributed by atoms with Gasteiger partial charge in [-0.1, -0.05) is 29.8 Å². The van der Waals surface area contributed by atoms with Crippen LogP contribution in [0.5, 0.6) is 11.5 Å². The highest BCUT2D eigenvalue weighted by atomic mass is 35.5. The third-order valence-corrected chi connectivity index (χ3v) is 4.20. The van der Waals surface area contributed by atoms with Crippen LogP contribution < -0.4 is 9.47 Å². The summed E-state index contributed by atoms with van der Waals surface area (Å²) in [6.45, 7) is 0. The molecular formula is C20H18ClNO4. The number of carbonyl (C=O) groups excluding carboxylic acids is 1. The molecule has 0 radical (unpaired) electrons. The van der Waals surface area contributed by atoms with Crippen molar-refractivity contribution in [2.75, 3.05) is 14.2 Å². The minimum absolute atomic E-state index is 0.256. The number of ether oxygens (including phenoxy) is 3. The van der Waals surface area contributed by atoms with Crippen molar-refractivity contribution in [1.29, 1.82) is 0 Å². The Labute approximate surface area is 156 Å². The monoisotopic (exact) mass is 371 g/mol. The smallest absolute Gasteiger partial charge is 0.363 e. The molecule has 0 N–H and O–H groups in total. The Morgan fingerprint density at radius 3 is 2.69 bits per heavy atom. The Balaban J connectivity index is 1.71. The maximum Gasteiger partial charge on any atom is 0.363 e. The zero-order chi connectivity index (χ0) is 18.5. The molecule has 0 saturated carbocycles. The molecule has 0 saturated heterocycles. The van der Waals surface area contributed by atoms with Crippen molar-refractivity contribution in [2.45, 2.75) is 12.8 Å². The maximum atomic E-state index is 12.0. The molecule has 1 aliphatic heterocycles. The molecule has 0 bridgehead atoms. The second-order valence-electron chi connectivity index (χ2n) is 5.67. The molecule has 0 aromatic heterocycles. The standard InChI is InChI=1S/C20H18ClNO4/c1-24-15-5-3-4-13(10-15)7-9-19-22-17(20(23)26-19)12-14-6-8-18(25-2)16(21)11-14/h3-6,8,10-12H,7,9H2,1-2H3/b17-12+. The fourth-order valence-corrected chi connectivity index (χ4v) is 2.84. The third-order valence-electron chi connectivity index (χ3n) is 3.91. The van der Waals surface area contributed by atoms with E-state index < -0.39 is 5.97 Å². The lowest BCUT2D eigenvalue weighted by Gasteiger charge is -2.03. The third kappa shape index (κ3) is 4.24. The summed E-state index contributed by atoms with van der Waals surface area (Å²) >= 11 is 6.11. The Morgan fingerprint density at radius 2 is 1.96 bits per heavy atom. The van der Waals surface area contributed by atoms with E-state index in [9.17, 15) is 4.79 Å². The molecule has 5 nitrogen and oxygen atoms in total. The van der Waals surface area contributed by atoms with E-state index in [0.29, 0.717) is 29.5 Å². The predicted octanol–water partition coefficient (Wildman–Crippen LogP) is 4.29. The fraction of sp³-hybridized carbons (Fsp3) is 0.200. The number of benzene rings is 2. The first kappa shape index (κ1) is 18.0. The Hall–Kier alpha value is -2.79. The van der Waals surface area contributed by atoms with Gasteiger partial charge in [0.2, 0.25) is 0 Å². The second-order valence-corrected chi connectivity index (χ2v) is 6.08. The number of rotatable bonds is 6. The van der Waals surface area contributed by atoms with Gasteiger partial charge in [-0.2, -0.15) is 0 Å². The second kappa shape index (κ2) is 8.06. The molecule has 6 heteroatoms. The van der Waals surface area contributed by atoms with Gasteiger partial charge in [0.15, 0.2) is 11.6 Å². The normalized spacial score (nSPS) is 15.0. The summed E-state index contributed by atoms with van der Waals surface area (Å²) in [5.41, 5.74) is 2.09. The van der Waals surface area contributed by atoms with Crippen LogP contribution >= 0.6 is 11.6 Å². The molecule has 0 atom stereocenters. The number of halogens is 1. The van der Waals surface area contributed by atoms with E-state index in [1.54, 1.807) is 38.5 Å². The molecule has 2 aromatic rings. The van der Waals surface area contributed by atoms with Crippen LogP contribution in [0.4, 0.5) is 0 Å². The number of hydrogen-bond acceptors (Lipinski definition) is 5. The maximum absolute atomic E-state index is 12.0. The van der Waals surface area contributed by atoms with Gasteiger partial charge in [0, 0.05) is 6.42 Å². The Kier molecular flexibility index (Phi) is 5.58. The summed E-state index contributed by atoms with van der Waals surface area (Å²) in [5.74, 6) is 1.32. The lowest BCUT2D eigenvalue weighted by Crippen LogP contribution is -2.05. The zero-order valence-corrected chi connectivity index (χ0v) is 15.2. The van der Waals surface area contributed by atoms with Gasteiger partial charge in [0.05, 0.1) is 19.2 Å². The number of hydrogen-bond donors (Lipinski definition) is 0. The van der Waals surface area contributed by atoms with E-state index >= 15 is 0 Å². The Bertz CT molecular complexity index is 889. The quantitative estimate of drug-likeness (QED) is 0.561. The van der Waals surface area contributed by atoms with E-state index in [1.807, 2.05) is 24.3 Å². The van der Waals surface area contributed by atoms with E-state index in [2.05, 4.69) is 4.99 Å². The molecule has 26 heavy (non-hydrogen) atoms. The lowest BCUT2D eigenvalue weighted by molar-refractivity contribution is -0.130. The van der Waals surface area contributed by atoms with E-state index in [-0.39, 0.29) is 5.70 Å². The summed E-state index contributed by atoms with van der Waals surface area (Å²) in [5, 5.41) is 0.468. The largest absolute Gasteiger partial charge is 0.497 e. The number of methoxy groups -OCH3 is 2. The van der Waals surface area contributed by atoms with E-state index in [0.717, 1.165) is 16.9 Å². The van der Waals surface area contributed by atoms with Gasteiger partial charge in [-0.15, -0.1) is 0 Å². The molecule has 0 spiro atoms. The minimum Gasteiger partial charge on any atom is -0.497 e. The highest BCUT2D eigenvalue weighted by Crippen LogP contribution is 2.27. The van der Waals surface area contributed by atoms with Gasteiger partial charge in [0.1, 0.15) is 11.5 Å². The van der Waals surface area contributed by atoms with Crippen molar-refractivity contribution in [3.63, 3.8) is 0 Å². The summed E-state index contributed by atoms with van der Waals surface area (Å²) in [6.07, 6.45) is 2.87. The van der Waals surface area contributed by atoms with Gasteiger partial charge in [0.25, 0.3) is 0 Å². The van der Waals surface area contributed by atoms with Gasteiger partial charge in [-0.25, -0.2) is 9.79 Å². The molecule has 0 amide bonds. The van der Waals surface area contributed by atoms with Crippen LogP contribution in [0.15, 0.2) is 53.2 Å². The van der Waals surface area contributed by atoms with E-state index in [1.165, 1.54) is 0 Å². The van der Waals surface area contributed by atoms with Crippen molar-refractivity contribution >= 4 is 29.5 Å². The topological polar surface area (TPSA) is 57.1 Å². The molecule has 0 aliphatic carbocycles. The van der Waals surface area contributed by atoms with Crippen molar-refractivity contribution < 1.29 is 19.0 Å². The first-order valence-electron chi connectivity index (χ1n) is 8.07. The molecule has 0 fully saturated rings. The van der Waals surface area contributed by atoms with Crippen LogP contribution in [0, 0.1) is 0 Å². The van der Waals surface area contributed by atoms with Crippen LogP contribution in [0.2, 0.25) is 5.02 Å². The molecule has 1 aliphatic rings. The number of cyclic esters (lactones) is 1. The van der Waals surface area contributed by atoms with Crippen molar-refractivity contribution in [1.82, 2.24) is 0 Å². The highest BCUT2D eigenvalue weighted by Gasteiger charge is 2.22. The summed E-state index contributed by atoms with van der Waals surface area (Å²) < 4.78 is 15.6. The SMILES string of the molecule is COc1cccc(CCC2=N/C(=C/c3ccc(OC)c(Cl)c3)C(=O)O2)c1.